The standard InChI is InChI=1S/C9H16N2O2/c10-8(12)5-6-2-1-3-7(4-6)9(11)13/h6-7H,1-5H2,(H2,10,12)(H2,11,13)/t6-,7+/m1/s1. The Morgan fingerprint density at radius 3 is 2.46 bits per heavy atom. The summed E-state index contributed by atoms with van der Waals surface area (Å²) < 4.78 is 0. The van der Waals surface area contributed by atoms with Crippen molar-refractivity contribution in [3.8, 4) is 0 Å². The quantitative estimate of drug-likeness (QED) is 0.654. The highest BCUT2D eigenvalue weighted by Gasteiger charge is 2.26. The van der Waals surface area contributed by atoms with E-state index >= 15 is 0 Å². The molecule has 0 saturated heterocycles. The van der Waals surface area contributed by atoms with Crippen LogP contribution in [0.5, 0.6) is 0 Å². The number of hydrogen-bond donors (Lipinski definition) is 2. The van der Waals surface area contributed by atoms with Crippen LogP contribution in [0.25, 0.3) is 0 Å². The molecule has 4 heteroatoms. The van der Waals surface area contributed by atoms with Gasteiger partial charge in [-0.3, -0.25) is 9.59 Å². The van der Waals surface area contributed by atoms with Crippen LogP contribution in [-0.4, -0.2) is 11.8 Å². The third kappa shape index (κ3) is 3.05. The van der Waals surface area contributed by atoms with Crippen LogP contribution < -0.4 is 11.5 Å². The molecule has 0 unspecified atom stereocenters. The van der Waals surface area contributed by atoms with Gasteiger partial charge in [0.25, 0.3) is 0 Å². The van der Waals surface area contributed by atoms with E-state index in [1.165, 1.54) is 0 Å². The van der Waals surface area contributed by atoms with E-state index in [0.29, 0.717) is 6.42 Å². The number of primary amides is 2. The van der Waals surface area contributed by atoms with E-state index < -0.39 is 0 Å². The van der Waals surface area contributed by atoms with Crippen molar-refractivity contribution in [1.82, 2.24) is 0 Å². The summed E-state index contributed by atoms with van der Waals surface area (Å²) in [4.78, 5) is 21.5. The van der Waals surface area contributed by atoms with Gasteiger partial charge in [-0.15, -0.1) is 0 Å². The molecule has 1 aliphatic rings. The molecule has 0 aromatic rings. The van der Waals surface area contributed by atoms with E-state index in [-0.39, 0.29) is 23.7 Å². The summed E-state index contributed by atoms with van der Waals surface area (Å²) in [6.07, 6.45) is 3.96. The van der Waals surface area contributed by atoms with E-state index in [4.69, 9.17) is 11.5 Å². The van der Waals surface area contributed by atoms with E-state index in [9.17, 15) is 9.59 Å². The molecule has 0 bridgehead atoms. The van der Waals surface area contributed by atoms with Crippen molar-refractivity contribution in [3.05, 3.63) is 0 Å². The van der Waals surface area contributed by atoms with E-state index in [0.717, 1.165) is 25.7 Å². The van der Waals surface area contributed by atoms with E-state index in [2.05, 4.69) is 0 Å². The number of carbonyl (C=O) groups excluding carboxylic acids is 2. The minimum Gasteiger partial charge on any atom is -0.370 e. The van der Waals surface area contributed by atoms with Crippen LogP contribution in [0.15, 0.2) is 0 Å². The molecule has 0 spiro atoms. The molecule has 0 aromatic heterocycles. The lowest BCUT2D eigenvalue weighted by Crippen LogP contribution is -2.30. The zero-order valence-corrected chi connectivity index (χ0v) is 7.66. The van der Waals surface area contributed by atoms with Crippen molar-refractivity contribution in [2.45, 2.75) is 32.1 Å². The predicted octanol–water partition coefficient (Wildman–Crippen LogP) is 0.153. The van der Waals surface area contributed by atoms with Crippen LogP contribution in [0.4, 0.5) is 0 Å². The zero-order valence-electron chi connectivity index (χ0n) is 7.66. The highest BCUT2D eigenvalue weighted by Crippen LogP contribution is 2.30. The van der Waals surface area contributed by atoms with Gasteiger partial charge >= 0.3 is 0 Å². The fourth-order valence-electron chi connectivity index (χ4n) is 2.02. The maximum Gasteiger partial charge on any atom is 0.220 e. The molecule has 1 rings (SSSR count). The Labute approximate surface area is 77.7 Å². The Bertz CT molecular complexity index is 216. The first-order valence-electron chi connectivity index (χ1n) is 4.67. The highest BCUT2D eigenvalue weighted by molar-refractivity contribution is 5.77. The SMILES string of the molecule is NC(=O)C[C@@H]1CCC[C@H](C(N)=O)C1. The lowest BCUT2D eigenvalue weighted by Gasteiger charge is -2.26. The summed E-state index contributed by atoms with van der Waals surface area (Å²) in [5.74, 6) is -0.300. The normalized spacial score (nSPS) is 28.3. The van der Waals surface area contributed by atoms with Crippen molar-refractivity contribution in [2.24, 2.45) is 23.3 Å². The molecule has 0 radical (unpaired) electrons. The molecule has 2 atom stereocenters. The van der Waals surface area contributed by atoms with Crippen molar-refractivity contribution < 1.29 is 9.59 Å². The average molecular weight is 184 g/mol. The molecule has 0 aromatic carbocycles. The van der Waals surface area contributed by atoms with Gasteiger partial charge in [-0.25, -0.2) is 0 Å². The van der Waals surface area contributed by atoms with Gasteiger partial charge in [-0.2, -0.15) is 0 Å². The molecule has 0 aliphatic heterocycles. The number of amides is 2. The van der Waals surface area contributed by atoms with Crippen molar-refractivity contribution >= 4 is 11.8 Å². The van der Waals surface area contributed by atoms with Gasteiger partial charge in [-0.1, -0.05) is 6.42 Å². The summed E-state index contributed by atoms with van der Waals surface area (Å²) in [7, 11) is 0. The van der Waals surface area contributed by atoms with Crippen LogP contribution in [0.1, 0.15) is 32.1 Å². The largest absolute Gasteiger partial charge is 0.370 e. The molecule has 1 fully saturated rings. The molecular weight excluding hydrogens is 168 g/mol. The lowest BCUT2D eigenvalue weighted by atomic mass is 9.79. The molecule has 2 amide bonds. The van der Waals surface area contributed by atoms with Crippen molar-refractivity contribution in [2.75, 3.05) is 0 Å². The topological polar surface area (TPSA) is 86.2 Å². The summed E-state index contributed by atoms with van der Waals surface area (Å²) in [5.41, 5.74) is 10.3. The molecule has 1 saturated carbocycles. The monoisotopic (exact) mass is 184 g/mol. The van der Waals surface area contributed by atoms with Gasteiger partial charge in [0, 0.05) is 12.3 Å². The van der Waals surface area contributed by atoms with Crippen LogP contribution in [0.3, 0.4) is 0 Å². The van der Waals surface area contributed by atoms with Gasteiger partial charge in [0.15, 0.2) is 0 Å². The summed E-state index contributed by atoms with van der Waals surface area (Å²) in [6.45, 7) is 0. The maximum absolute atomic E-state index is 10.9. The number of nitrogens with two attached hydrogens (primary N) is 2. The van der Waals surface area contributed by atoms with Crippen molar-refractivity contribution in [3.63, 3.8) is 0 Å². The first kappa shape index (κ1) is 10.0. The minimum atomic E-state index is -0.282. The van der Waals surface area contributed by atoms with Crippen LogP contribution in [0, 0.1) is 11.8 Å². The summed E-state index contributed by atoms with van der Waals surface area (Å²) in [6, 6.07) is 0. The first-order valence-corrected chi connectivity index (χ1v) is 4.67. The second-order valence-corrected chi connectivity index (χ2v) is 3.80. The van der Waals surface area contributed by atoms with Crippen molar-refractivity contribution in [1.29, 1.82) is 0 Å². The number of carbonyl (C=O) groups is 2. The Morgan fingerprint density at radius 1 is 1.23 bits per heavy atom. The van der Waals surface area contributed by atoms with Gasteiger partial charge < -0.3 is 11.5 Å². The van der Waals surface area contributed by atoms with E-state index in [1.54, 1.807) is 0 Å². The Balaban J connectivity index is 2.41. The summed E-state index contributed by atoms with van der Waals surface area (Å²) in [5, 5.41) is 0. The second kappa shape index (κ2) is 4.25. The average Bonchev–Trinajstić information content (AvgIpc) is 2.03. The molecule has 13 heavy (non-hydrogen) atoms. The number of hydrogen-bond acceptors (Lipinski definition) is 2. The smallest absolute Gasteiger partial charge is 0.220 e. The molecule has 74 valence electrons. The molecule has 0 heterocycles. The fourth-order valence-corrected chi connectivity index (χ4v) is 2.02. The van der Waals surface area contributed by atoms with Crippen LogP contribution in [-0.2, 0) is 9.59 Å². The van der Waals surface area contributed by atoms with Crippen LogP contribution in [0.2, 0.25) is 0 Å². The summed E-state index contributed by atoms with van der Waals surface area (Å²) >= 11 is 0. The lowest BCUT2D eigenvalue weighted by molar-refractivity contribution is -0.124. The zero-order chi connectivity index (χ0) is 9.84. The van der Waals surface area contributed by atoms with Crippen LogP contribution >= 0.6 is 0 Å². The Kier molecular flexibility index (Phi) is 3.28. The Hall–Kier alpha value is -1.06. The molecule has 4 nitrogen and oxygen atoms in total. The molecular formula is C9H16N2O2. The van der Waals surface area contributed by atoms with E-state index in [1.807, 2.05) is 0 Å². The highest BCUT2D eigenvalue weighted by atomic mass is 16.1. The fraction of sp³-hybridized carbons (Fsp3) is 0.778. The third-order valence-corrected chi connectivity index (χ3v) is 2.68. The van der Waals surface area contributed by atoms with Gasteiger partial charge in [0.2, 0.25) is 11.8 Å². The molecule has 4 N–H and O–H groups in total. The van der Waals surface area contributed by atoms with Gasteiger partial charge in [-0.05, 0) is 25.2 Å². The number of rotatable bonds is 3. The molecule has 1 aliphatic carbocycles. The van der Waals surface area contributed by atoms with Gasteiger partial charge in [0.05, 0.1) is 0 Å². The minimum absolute atomic E-state index is 0.0434. The maximum atomic E-state index is 10.9. The first-order chi connectivity index (χ1) is 6.09. The Morgan fingerprint density at radius 2 is 1.92 bits per heavy atom. The second-order valence-electron chi connectivity index (χ2n) is 3.80. The van der Waals surface area contributed by atoms with Gasteiger partial charge in [0.1, 0.15) is 0 Å². The predicted molar refractivity (Wildman–Crippen MR) is 48.5 cm³/mol. The third-order valence-electron chi connectivity index (χ3n) is 2.68.